The van der Waals surface area contributed by atoms with E-state index >= 15 is 0 Å². The first-order valence-electron chi connectivity index (χ1n) is 26.5. The van der Waals surface area contributed by atoms with E-state index < -0.39 is 108 Å². The number of pyridine rings is 2. The predicted octanol–water partition coefficient (Wildman–Crippen LogP) is 4.07. The number of nitrogens with one attached hydrogen (secondary N) is 1. The number of hydrogen-bond acceptors (Lipinski definition) is 17. The summed E-state index contributed by atoms with van der Waals surface area (Å²) in [5.74, 6) is -5.43. The molecule has 4 fully saturated rings. The van der Waals surface area contributed by atoms with Crippen molar-refractivity contribution < 1.29 is 69.7 Å². The Balaban J connectivity index is 0.000000250. The van der Waals surface area contributed by atoms with E-state index in [0.717, 1.165) is 17.1 Å². The Morgan fingerprint density at radius 3 is 1.53 bits per heavy atom. The normalized spacial score (nSPS) is 18.9. The number of fused-ring (bicyclic) bond motifs is 2. The zero-order chi connectivity index (χ0) is 60.7. The molecule has 85 heavy (non-hydrogen) atoms. The van der Waals surface area contributed by atoms with Crippen molar-refractivity contribution in [3.63, 3.8) is 0 Å². The number of carboxylic acid groups (broad SMARTS) is 1. The topological polar surface area (TPSA) is 334 Å². The van der Waals surface area contributed by atoms with E-state index in [0.29, 0.717) is 72.6 Å². The fourth-order valence-corrected chi connectivity index (χ4v) is 13.5. The average Bonchev–Trinajstić information content (AvgIpc) is 2.67. The molecule has 28 heteroatoms. The summed E-state index contributed by atoms with van der Waals surface area (Å²) in [6, 6.07) is 18.9. The van der Waals surface area contributed by atoms with Crippen molar-refractivity contribution in [3.05, 3.63) is 130 Å². The van der Waals surface area contributed by atoms with Crippen LogP contribution in [0.25, 0.3) is 21.8 Å². The number of aliphatic carboxylic acids is 1. The van der Waals surface area contributed by atoms with Crippen LogP contribution in [-0.2, 0) is 77.6 Å². The number of hydrogen-bond donors (Lipinski definition) is 6. The van der Waals surface area contributed by atoms with Gasteiger partial charge in [0.25, 0.3) is 11.8 Å². The number of Topliss-reactive ketones (excluding diaryl/α,β-unsaturated/α-hetero) is 2. The monoisotopic (exact) mass is 1270 g/mol. The highest BCUT2D eigenvalue weighted by Crippen LogP contribution is 2.32. The molecule has 4 aromatic heterocycles. The maximum atomic E-state index is 14.5. The molecule has 21 nitrogen and oxygen atoms in total. The summed E-state index contributed by atoms with van der Waals surface area (Å²) in [7, 11) is -6.97. The number of nitrogens with zero attached hydrogens (tertiary/aromatic N) is 5. The molecule has 0 spiro atoms. The van der Waals surface area contributed by atoms with Gasteiger partial charge in [0.15, 0.2) is 31.2 Å². The average molecular weight is 1270 g/mol. The minimum atomic E-state index is -3.53. The molecular weight excluding hydrogens is 1200 g/mol. The quantitative estimate of drug-likeness (QED) is 0.0587. The lowest BCUT2D eigenvalue weighted by atomic mass is 10.0. The van der Waals surface area contributed by atoms with Crippen LogP contribution in [0.1, 0.15) is 110 Å². The zero-order valence-corrected chi connectivity index (χ0v) is 50.1. The third-order valence-corrected chi connectivity index (χ3v) is 18.9. The summed E-state index contributed by atoms with van der Waals surface area (Å²) in [4.78, 5) is 83.2. The Morgan fingerprint density at radius 1 is 0.682 bits per heavy atom. The number of alkyl halides is 2. The summed E-state index contributed by atoms with van der Waals surface area (Å²) in [5, 5.41) is 32.5. The third-order valence-electron chi connectivity index (χ3n) is 14.6. The number of benzene rings is 2. The van der Waals surface area contributed by atoms with E-state index in [9.17, 15) is 64.6 Å². The Hall–Kier alpha value is -6.53. The van der Waals surface area contributed by atoms with Crippen molar-refractivity contribution in [2.24, 2.45) is 11.5 Å². The molecular formula is C57H70F2N8O13S5. The van der Waals surface area contributed by atoms with Gasteiger partial charge in [0.2, 0.25) is 5.91 Å². The summed E-state index contributed by atoms with van der Waals surface area (Å²) in [5.41, 5.74) is 15.4. The first kappa shape index (κ1) is 69.2. The number of carboxylic acids is 1. The maximum Gasteiger partial charge on any atom is 0.323 e. The summed E-state index contributed by atoms with van der Waals surface area (Å²) in [6.45, 7) is 3.30. The number of ketones is 2. The number of sulfone groups is 2. The number of primary amides is 2. The van der Waals surface area contributed by atoms with Crippen LogP contribution >= 0.6 is 13.5 Å². The molecule has 2 aliphatic heterocycles. The molecule has 2 unspecified atom stereocenters. The van der Waals surface area contributed by atoms with Gasteiger partial charge in [-0.2, -0.15) is 13.5 Å². The molecule has 2 saturated carbocycles. The largest absolute Gasteiger partial charge is 0.480 e. The van der Waals surface area contributed by atoms with Crippen LogP contribution in [0.3, 0.4) is 0 Å². The molecule has 2 aliphatic carbocycles. The molecule has 6 aromatic rings. The number of aryl methyl sites for hydroxylation is 2. The van der Waals surface area contributed by atoms with Gasteiger partial charge in [-0.1, -0.05) is 19.6 Å². The van der Waals surface area contributed by atoms with Crippen LogP contribution in [-0.4, -0.2) is 163 Å². The highest BCUT2D eigenvalue weighted by Gasteiger charge is 2.41. The molecule has 2 aromatic carbocycles. The minimum Gasteiger partial charge on any atom is -0.480 e. The van der Waals surface area contributed by atoms with Crippen LogP contribution in [0.4, 0.5) is 8.78 Å². The fraction of sp³-hybridized carbons (Fsp3) is 0.439. The Kier molecular flexibility index (Phi) is 24.2. The van der Waals surface area contributed by atoms with E-state index in [2.05, 4.69) is 37.7 Å². The van der Waals surface area contributed by atoms with Crippen LogP contribution < -0.4 is 16.8 Å². The highest BCUT2D eigenvalue weighted by atomic mass is 32.8. The Bertz CT molecular complexity index is 3670. The number of aromatic nitrogens is 4. The third kappa shape index (κ3) is 18.0. The smallest absolute Gasteiger partial charge is 0.323 e. The number of carbonyl (C=O) groups is 6. The number of rotatable bonds is 20. The SMILES string of the molecule is C.Cc1cccc(CC(O)[C@H]2C[C@@H](F)CN2)n1.Cc1cccc(CC(O)[C@H]2C[C@@H](F)CN2C(=O)Cn2cc(C(N)=O)c3cc(C(=O)CS(=O)(=O)C4CC4)ccc32)n1.NC(=O)c1cn(CC(=O)O)c2ccc(C(=O)CS(=O)(=O)C3CC3)cc12.S.S=S. The zero-order valence-electron chi connectivity index (χ0n) is 45.8. The van der Waals surface area contributed by atoms with Gasteiger partial charge >= 0.3 is 5.97 Å². The van der Waals surface area contributed by atoms with Gasteiger partial charge < -0.3 is 46.1 Å². The van der Waals surface area contributed by atoms with E-state index in [1.54, 1.807) is 6.07 Å². The summed E-state index contributed by atoms with van der Waals surface area (Å²) >= 11 is 7.33. The number of halogens is 2. The lowest BCUT2D eigenvalue weighted by Gasteiger charge is -2.28. The Morgan fingerprint density at radius 2 is 1.13 bits per heavy atom. The first-order valence-corrected chi connectivity index (χ1v) is 31.3. The lowest BCUT2D eigenvalue weighted by Crippen LogP contribution is -2.45. The van der Waals surface area contributed by atoms with E-state index in [-0.39, 0.29) is 81.7 Å². The van der Waals surface area contributed by atoms with Gasteiger partial charge in [-0.05, 0) is 107 Å². The second kappa shape index (κ2) is 29.7. The molecule has 2 saturated heterocycles. The van der Waals surface area contributed by atoms with Crippen LogP contribution in [0.2, 0.25) is 0 Å². The van der Waals surface area contributed by atoms with Crippen molar-refractivity contribution in [1.29, 1.82) is 0 Å². The maximum absolute atomic E-state index is 14.5. The van der Waals surface area contributed by atoms with E-state index in [1.807, 2.05) is 44.2 Å². The minimum absolute atomic E-state index is 0. The van der Waals surface area contributed by atoms with Crippen LogP contribution in [0.5, 0.6) is 0 Å². The van der Waals surface area contributed by atoms with Crippen molar-refractivity contribution in [2.75, 3.05) is 24.6 Å². The summed E-state index contributed by atoms with van der Waals surface area (Å²) < 4.78 is 78.8. The molecule has 3 amide bonds. The summed E-state index contributed by atoms with van der Waals surface area (Å²) in [6.07, 6.45) is 2.30. The molecule has 10 rings (SSSR count). The first-order chi connectivity index (χ1) is 39.3. The van der Waals surface area contributed by atoms with Gasteiger partial charge in [0.05, 0.1) is 46.4 Å². The van der Waals surface area contributed by atoms with Gasteiger partial charge in [-0.15, -0.1) is 0 Å². The number of aliphatic hydroxyl groups excluding tert-OH is 2. The second-order valence-electron chi connectivity index (χ2n) is 21.2. The molecule has 460 valence electrons. The molecule has 4 aliphatic rings. The van der Waals surface area contributed by atoms with Crippen molar-refractivity contribution >= 4 is 113 Å². The lowest BCUT2D eigenvalue weighted by molar-refractivity contribution is -0.137. The molecule has 0 bridgehead atoms. The predicted molar refractivity (Wildman–Crippen MR) is 326 cm³/mol. The van der Waals surface area contributed by atoms with Gasteiger partial charge in [0.1, 0.15) is 36.9 Å². The number of likely N-dealkylation sites (tertiary alicyclic amines) is 1. The second-order valence-corrected chi connectivity index (χ2v) is 25.7. The van der Waals surface area contributed by atoms with E-state index in [1.165, 1.54) is 62.8 Å². The Labute approximate surface area is 507 Å². The number of amides is 3. The molecule has 6 heterocycles. The number of nitrogens with two attached hydrogens (primary N) is 2. The molecule has 8 N–H and O–H groups in total. The highest BCUT2D eigenvalue weighted by molar-refractivity contribution is 8.07. The number of aliphatic hydroxyl groups is 2. The van der Waals surface area contributed by atoms with Gasteiger partial charge in [-0.25, -0.2) is 25.6 Å². The van der Waals surface area contributed by atoms with Crippen molar-refractivity contribution in [2.45, 2.75) is 133 Å². The fourth-order valence-electron chi connectivity index (χ4n) is 10.2. The van der Waals surface area contributed by atoms with Crippen molar-refractivity contribution in [3.8, 4) is 0 Å². The van der Waals surface area contributed by atoms with Crippen molar-refractivity contribution in [1.82, 2.24) is 29.3 Å². The van der Waals surface area contributed by atoms with Crippen LogP contribution in [0.15, 0.2) is 85.2 Å². The van der Waals surface area contributed by atoms with Gasteiger partial charge in [0, 0.05) is 122 Å². The standard InChI is InChI=1S/C28H31FN4O6S.C16H16N2O6S.C12H17FN2O.CH4.S2.H2S/c1-16-3-2-4-19(31-16)11-25(34)24-10-18(29)12-33(24)27(36)14-32-13-22(28(30)37)21-9-17(5-8-23(21)32)26(35)15-40(38,39)20-6-7-20;17-16(22)12-6-18(7-15(20)21)13-4-1-9(5-11(12)13)14(19)8-25(23,24)10-2-3-10;1-8-3-2-4-10(15-8)6-12(16)11-5-9(13)7-14-11;;1-2;/h2-5,8-9,13,18,20,24-25,34H,6-7,10-12,14-15H2,1H3,(H2,30,37);1,4-6,10H,2-3,7-8H2,(H2,17,22)(H,20,21);2-4,9,11-12,14,16H,5-7H2,1H3;1H4;;1H2/t18-,24-,25?;;9-,11-,12?;;;/m1.1.../s1. The van der Waals surface area contributed by atoms with Gasteiger partial charge in [-0.3, -0.25) is 38.7 Å². The van der Waals surface area contributed by atoms with Crippen LogP contribution in [0, 0.1) is 13.8 Å². The van der Waals surface area contributed by atoms with E-state index in [4.69, 9.17) is 16.6 Å². The number of carbonyl (C=O) groups excluding carboxylic acids is 5. The molecule has 0 radical (unpaired) electrons. The molecule has 6 atom stereocenters.